The summed E-state index contributed by atoms with van der Waals surface area (Å²) in [7, 11) is 0. The van der Waals surface area contributed by atoms with Crippen LogP contribution in [0, 0.1) is 0 Å². The average molecular weight is 490 g/mol. The summed E-state index contributed by atoms with van der Waals surface area (Å²) in [5, 5.41) is 17.4. The zero-order valence-corrected chi connectivity index (χ0v) is 18.3. The van der Waals surface area contributed by atoms with Gasteiger partial charge in [0.2, 0.25) is 0 Å². The van der Waals surface area contributed by atoms with E-state index in [0.717, 1.165) is 16.9 Å². The molecule has 0 spiro atoms. The van der Waals surface area contributed by atoms with E-state index < -0.39 is 23.8 Å². The van der Waals surface area contributed by atoms with Gasteiger partial charge in [0.25, 0.3) is 5.91 Å². The molecule has 4 rings (SSSR count). The lowest BCUT2D eigenvalue weighted by Crippen LogP contribution is -2.25. The number of aliphatic hydroxyl groups excluding tert-OH is 1. The Kier molecular flexibility index (Phi) is 6.45. The largest absolute Gasteiger partial charge is 0.418 e. The summed E-state index contributed by atoms with van der Waals surface area (Å²) < 4.78 is 41.8. The first-order valence-electron chi connectivity index (χ1n) is 10.2. The summed E-state index contributed by atoms with van der Waals surface area (Å²) in [6.45, 7) is 0.183. The van der Waals surface area contributed by atoms with Gasteiger partial charge < -0.3 is 16.2 Å². The smallest absolute Gasteiger partial charge is 0.388 e. The number of nitrogens with two attached hydrogens (primary N) is 1. The molecule has 11 heteroatoms. The van der Waals surface area contributed by atoms with Gasteiger partial charge in [-0.3, -0.25) is 4.79 Å². The SMILES string of the molecule is Nc1ncnn2c(-c3cccc(C(=O)NCC[C@@H](O)c4ccc(Cl)cc4)c3)cc(C(F)(F)F)c12. The van der Waals surface area contributed by atoms with Crippen LogP contribution in [0.15, 0.2) is 60.9 Å². The van der Waals surface area contributed by atoms with Crippen molar-refractivity contribution in [2.45, 2.75) is 18.7 Å². The Morgan fingerprint density at radius 3 is 2.62 bits per heavy atom. The van der Waals surface area contributed by atoms with Crippen molar-refractivity contribution in [3.8, 4) is 11.3 Å². The van der Waals surface area contributed by atoms with E-state index in [2.05, 4.69) is 15.4 Å². The van der Waals surface area contributed by atoms with Crippen LogP contribution in [0.25, 0.3) is 16.8 Å². The first-order chi connectivity index (χ1) is 16.1. The first-order valence-corrected chi connectivity index (χ1v) is 10.5. The molecule has 1 atom stereocenters. The van der Waals surface area contributed by atoms with Crippen LogP contribution in [0.5, 0.6) is 0 Å². The monoisotopic (exact) mass is 489 g/mol. The maximum Gasteiger partial charge on any atom is 0.418 e. The Morgan fingerprint density at radius 2 is 1.91 bits per heavy atom. The number of alkyl halides is 3. The van der Waals surface area contributed by atoms with Gasteiger partial charge >= 0.3 is 6.18 Å². The molecule has 0 aliphatic carbocycles. The van der Waals surface area contributed by atoms with E-state index in [1.807, 2.05) is 0 Å². The van der Waals surface area contributed by atoms with Crippen LogP contribution in [0.1, 0.15) is 34.0 Å². The first kappa shape index (κ1) is 23.5. The lowest BCUT2D eigenvalue weighted by Gasteiger charge is -2.12. The number of hydrogen-bond acceptors (Lipinski definition) is 5. The lowest BCUT2D eigenvalue weighted by atomic mass is 10.1. The van der Waals surface area contributed by atoms with E-state index in [1.165, 1.54) is 12.1 Å². The van der Waals surface area contributed by atoms with Crippen molar-refractivity contribution < 1.29 is 23.1 Å². The number of halogens is 4. The van der Waals surface area contributed by atoms with Gasteiger partial charge in [-0.1, -0.05) is 35.9 Å². The molecular weight excluding hydrogens is 471 g/mol. The van der Waals surface area contributed by atoms with Crippen molar-refractivity contribution in [1.82, 2.24) is 19.9 Å². The molecule has 0 fully saturated rings. The third-order valence-electron chi connectivity index (χ3n) is 5.27. The molecular formula is C23H19ClF3N5O2. The molecule has 176 valence electrons. The number of carbonyl (C=O) groups is 1. The minimum absolute atomic E-state index is 0.115. The molecule has 0 aliphatic rings. The van der Waals surface area contributed by atoms with Crippen molar-refractivity contribution in [3.63, 3.8) is 0 Å². The Hall–Kier alpha value is -3.63. The van der Waals surface area contributed by atoms with E-state index in [1.54, 1.807) is 36.4 Å². The normalized spacial score (nSPS) is 12.6. The predicted octanol–water partition coefficient (Wildman–Crippen LogP) is 4.50. The Bertz CT molecular complexity index is 1340. The van der Waals surface area contributed by atoms with Crippen LogP contribution < -0.4 is 11.1 Å². The summed E-state index contributed by atoms with van der Waals surface area (Å²) in [5.74, 6) is -0.738. The van der Waals surface area contributed by atoms with Crippen LogP contribution in [0.4, 0.5) is 19.0 Å². The van der Waals surface area contributed by atoms with Gasteiger partial charge in [-0.2, -0.15) is 18.3 Å². The van der Waals surface area contributed by atoms with Gasteiger partial charge in [0, 0.05) is 22.7 Å². The molecule has 2 heterocycles. The number of benzene rings is 2. The minimum Gasteiger partial charge on any atom is -0.388 e. The van der Waals surface area contributed by atoms with Crippen LogP contribution in [-0.2, 0) is 6.18 Å². The van der Waals surface area contributed by atoms with Crippen molar-refractivity contribution in [1.29, 1.82) is 0 Å². The number of aromatic nitrogens is 3. The van der Waals surface area contributed by atoms with E-state index >= 15 is 0 Å². The summed E-state index contributed by atoms with van der Waals surface area (Å²) in [4.78, 5) is 16.3. The average Bonchev–Trinajstić information content (AvgIpc) is 3.21. The van der Waals surface area contributed by atoms with E-state index in [-0.39, 0.29) is 35.6 Å². The van der Waals surface area contributed by atoms with E-state index in [4.69, 9.17) is 17.3 Å². The van der Waals surface area contributed by atoms with E-state index in [0.29, 0.717) is 16.1 Å². The van der Waals surface area contributed by atoms with Crippen molar-refractivity contribution in [2.24, 2.45) is 0 Å². The summed E-state index contributed by atoms with van der Waals surface area (Å²) in [5.41, 5.74) is 5.74. The fourth-order valence-electron chi connectivity index (χ4n) is 3.59. The summed E-state index contributed by atoms with van der Waals surface area (Å²) in [6, 6.07) is 13.8. The molecule has 0 unspecified atom stereocenters. The topological polar surface area (TPSA) is 106 Å². The third kappa shape index (κ3) is 4.82. The molecule has 0 radical (unpaired) electrons. The maximum atomic E-state index is 13.6. The number of amides is 1. The number of carbonyl (C=O) groups excluding carboxylic acids is 1. The molecule has 7 nitrogen and oxygen atoms in total. The van der Waals surface area contributed by atoms with Gasteiger partial charge in [0.1, 0.15) is 11.8 Å². The van der Waals surface area contributed by atoms with Gasteiger partial charge in [0.05, 0.1) is 17.4 Å². The van der Waals surface area contributed by atoms with Crippen molar-refractivity contribution in [3.05, 3.63) is 82.6 Å². The number of rotatable bonds is 6. The molecule has 0 aliphatic heterocycles. The number of aliphatic hydroxyl groups is 1. The molecule has 1 amide bonds. The van der Waals surface area contributed by atoms with Crippen LogP contribution in [0.2, 0.25) is 5.02 Å². The number of nitrogens with one attached hydrogen (secondary N) is 1. The Balaban J connectivity index is 1.53. The quantitative estimate of drug-likeness (QED) is 0.370. The number of hydrogen-bond donors (Lipinski definition) is 3. The van der Waals surface area contributed by atoms with Gasteiger partial charge in [0.15, 0.2) is 5.82 Å². The zero-order chi connectivity index (χ0) is 24.5. The van der Waals surface area contributed by atoms with Crippen LogP contribution in [0.3, 0.4) is 0 Å². The highest BCUT2D eigenvalue weighted by Crippen LogP contribution is 2.38. The second kappa shape index (κ2) is 9.32. The van der Waals surface area contributed by atoms with Gasteiger partial charge in [-0.05, 0) is 42.3 Å². The number of fused-ring (bicyclic) bond motifs is 1. The highest BCUT2D eigenvalue weighted by atomic mass is 35.5. The van der Waals surface area contributed by atoms with Crippen molar-refractivity contribution in [2.75, 3.05) is 12.3 Å². The van der Waals surface area contributed by atoms with Gasteiger partial charge in [-0.25, -0.2) is 9.50 Å². The maximum absolute atomic E-state index is 13.6. The standard InChI is InChI=1S/C23H19ClF3N5O2/c24-16-6-4-13(5-7-16)19(33)8-9-29-22(34)15-3-1-2-14(10-15)18-11-17(23(25,26)27)20-21(28)30-12-31-32(18)20/h1-7,10-12,19,33H,8-9H2,(H,29,34)(H2,28,30,31)/t19-/m1/s1. The minimum atomic E-state index is -4.66. The fraction of sp³-hybridized carbons (Fsp3) is 0.174. The second-order valence-electron chi connectivity index (χ2n) is 7.54. The fourth-order valence-corrected chi connectivity index (χ4v) is 3.71. The zero-order valence-electron chi connectivity index (χ0n) is 17.6. The number of nitrogen functional groups attached to an aromatic ring is 1. The molecule has 34 heavy (non-hydrogen) atoms. The van der Waals surface area contributed by atoms with Crippen molar-refractivity contribution >= 4 is 28.8 Å². The van der Waals surface area contributed by atoms with Gasteiger partial charge in [-0.15, -0.1) is 0 Å². The Labute approximate surface area is 197 Å². The molecule has 2 aromatic heterocycles. The Morgan fingerprint density at radius 1 is 1.18 bits per heavy atom. The summed E-state index contributed by atoms with van der Waals surface area (Å²) in [6.07, 6.45) is -4.12. The van der Waals surface area contributed by atoms with E-state index in [9.17, 15) is 23.1 Å². The summed E-state index contributed by atoms with van der Waals surface area (Å²) >= 11 is 5.84. The number of anilines is 1. The molecule has 2 aromatic carbocycles. The lowest BCUT2D eigenvalue weighted by molar-refractivity contribution is -0.136. The molecule has 4 aromatic rings. The highest BCUT2D eigenvalue weighted by Gasteiger charge is 2.36. The van der Waals surface area contributed by atoms with Crippen LogP contribution in [-0.4, -0.2) is 32.2 Å². The number of nitrogens with zero attached hydrogens (tertiary/aromatic N) is 3. The third-order valence-corrected chi connectivity index (χ3v) is 5.52. The second-order valence-corrected chi connectivity index (χ2v) is 7.98. The highest BCUT2D eigenvalue weighted by molar-refractivity contribution is 6.30. The molecule has 4 N–H and O–H groups in total. The molecule has 0 saturated heterocycles. The molecule has 0 bridgehead atoms. The predicted molar refractivity (Wildman–Crippen MR) is 121 cm³/mol. The van der Waals surface area contributed by atoms with Crippen LogP contribution >= 0.6 is 11.6 Å². The molecule has 0 saturated carbocycles.